The maximum absolute atomic E-state index is 12.8. The maximum Gasteiger partial charge on any atom is 0.306 e. The first kappa shape index (κ1) is 64.3. The Hall–Kier alpha value is -4.71. The molecule has 6 heteroatoms. The van der Waals surface area contributed by atoms with Gasteiger partial charge in [-0.25, -0.2) is 0 Å². The number of allylic oxidation sites excluding steroid dienone is 24. The van der Waals surface area contributed by atoms with Gasteiger partial charge in [-0.2, -0.15) is 0 Å². The summed E-state index contributed by atoms with van der Waals surface area (Å²) < 4.78 is 16.7. The second kappa shape index (κ2) is 55.9. The first-order valence-corrected chi connectivity index (χ1v) is 27.3. The van der Waals surface area contributed by atoms with Crippen LogP contribution >= 0.6 is 0 Å². The van der Waals surface area contributed by atoms with Gasteiger partial charge in [0.05, 0.1) is 0 Å². The molecule has 0 bridgehead atoms. The summed E-state index contributed by atoms with van der Waals surface area (Å²) in [4.78, 5) is 38.1. The molecule has 0 fully saturated rings. The molecule has 0 unspecified atom stereocenters. The minimum atomic E-state index is -0.843. The fourth-order valence-electron chi connectivity index (χ4n) is 6.71. The lowest BCUT2D eigenvalue weighted by atomic mass is 10.1. The van der Waals surface area contributed by atoms with Gasteiger partial charge in [-0.05, 0) is 135 Å². The molecule has 0 N–H and O–H groups in total. The number of hydrogen-bond acceptors (Lipinski definition) is 6. The zero-order valence-electron chi connectivity index (χ0n) is 44.0. The van der Waals surface area contributed by atoms with Crippen LogP contribution in [0.4, 0.5) is 0 Å². The van der Waals surface area contributed by atoms with Gasteiger partial charge in [0, 0.05) is 19.3 Å². The molecule has 0 saturated heterocycles. The Kier molecular flexibility index (Phi) is 52.1. The molecule has 0 aliphatic heterocycles. The van der Waals surface area contributed by atoms with Gasteiger partial charge in [0.1, 0.15) is 13.2 Å². The lowest BCUT2D eigenvalue weighted by molar-refractivity contribution is -0.166. The normalized spacial score (nSPS) is 13.3. The van der Waals surface area contributed by atoms with Crippen LogP contribution in [0.2, 0.25) is 0 Å². The van der Waals surface area contributed by atoms with E-state index < -0.39 is 6.10 Å². The van der Waals surface area contributed by atoms with Crippen molar-refractivity contribution in [2.24, 2.45) is 0 Å². The van der Waals surface area contributed by atoms with Crippen LogP contribution in [0.25, 0.3) is 0 Å². The number of rotatable bonds is 47. The summed E-state index contributed by atoms with van der Waals surface area (Å²) >= 11 is 0. The predicted molar refractivity (Wildman–Crippen MR) is 297 cm³/mol. The van der Waals surface area contributed by atoms with E-state index >= 15 is 0 Å². The largest absolute Gasteiger partial charge is 0.462 e. The van der Waals surface area contributed by atoms with E-state index in [9.17, 15) is 14.4 Å². The monoisotopic (exact) mass is 951 g/mol. The van der Waals surface area contributed by atoms with Crippen LogP contribution in [0.5, 0.6) is 0 Å². The summed E-state index contributed by atoms with van der Waals surface area (Å²) in [5, 5.41) is 0. The molecule has 1 atom stereocenters. The average molecular weight is 951 g/mol. The second-order valence-electron chi connectivity index (χ2n) is 17.4. The van der Waals surface area contributed by atoms with Gasteiger partial charge in [-0.3, -0.25) is 14.4 Å². The van der Waals surface area contributed by atoms with Gasteiger partial charge in [0.15, 0.2) is 6.10 Å². The Balaban J connectivity index is 4.63. The van der Waals surface area contributed by atoms with Crippen molar-refractivity contribution in [2.45, 2.75) is 219 Å². The fourth-order valence-corrected chi connectivity index (χ4v) is 6.71. The molecule has 0 aliphatic rings. The number of hydrogen-bond donors (Lipinski definition) is 0. The molecule has 0 aromatic heterocycles. The molecule has 6 nitrogen and oxygen atoms in total. The number of esters is 3. The number of carbonyl (C=O) groups is 3. The van der Waals surface area contributed by atoms with E-state index in [-0.39, 0.29) is 50.4 Å². The zero-order chi connectivity index (χ0) is 50.0. The quantitative estimate of drug-likeness (QED) is 0.0262. The molecule has 0 heterocycles. The molecule has 0 saturated carbocycles. The molecule has 0 amide bonds. The van der Waals surface area contributed by atoms with Crippen LogP contribution in [-0.4, -0.2) is 37.2 Å². The minimum Gasteiger partial charge on any atom is -0.462 e. The Morgan fingerprint density at radius 1 is 0.304 bits per heavy atom. The molecule has 69 heavy (non-hydrogen) atoms. The smallest absolute Gasteiger partial charge is 0.306 e. The topological polar surface area (TPSA) is 78.9 Å². The van der Waals surface area contributed by atoms with E-state index in [1.165, 1.54) is 51.4 Å². The van der Waals surface area contributed by atoms with E-state index in [1.807, 2.05) is 12.2 Å². The van der Waals surface area contributed by atoms with Crippen LogP contribution in [0.1, 0.15) is 213 Å². The van der Waals surface area contributed by atoms with Crippen molar-refractivity contribution in [2.75, 3.05) is 13.2 Å². The van der Waals surface area contributed by atoms with Crippen molar-refractivity contribution < 1.29 is 28.6 Å². The molecule has 0 rings (SSSR count). The van der Waals surface area contributed by atoms with Crippen LogP contribution in [-0.2, 0) is 28.6 Å². The minimum absolute atomic E-state index is 0.137. The standard InChI is InChI=1S/C63H98O6/c1-4-7-10-13-16-19-22-25-28-30-31-33-35-38-41-44-47-50-53-56-62(65)68-59-60(58-67-61(64)55-52-49-46-43-40-37-34-27-24-21-18-15-12-9-6-3)69-63(66)57-54-51-48-45-42-39-36-32-29-26-23-20-17-14-11-8-5-2/h8,11,16-21,25-29,31,33-34,36,38-41,43,47,50,60H,4-7,9-10,12-15,22-24,30,32,35,37,42,44-46,48-49,51-59H2,1-3H3/b11-8-,19-16-,20-17-,21-18-,28-25-,29-26-,33-31-,34-27-,39-36-,41-38-,43-40-,50-47-/t60-/m0/s1. The van der Waals surface area contributed by atoms with E-state index in [2.05, 4.69) is 154 Å². The predicted octanol–water partition coefficient (Wildman–Crippen LogP) is 18.4. The lowest BCUT2D eigenvalue weighted by Gasteiger charge is -2.18. The summed E-state index contributed by atoms with van der Waals surface area (Å²) in [5.41, 5.74) is 0. The van der Waals surface area contributed by atoms with Crippen molar-refractivity contribution in [1.29, 1.82) is 0 Å². The number of ether oxygens (including phenoxy) is 3. The van der Waals surface area contributed by atoms with Gasteiger partial charge in [-0.15, -0.1) is 0 Å². The summed E-state index contributed by atoms with van der Waals surface area (Å²) in [7, 11) is 0. The van der Waals surface area contributed by atoms with Crippen molar-refractivity contribution in [1.82, 2.24) is 0 Å². The van der Waals surface area contributed by atoms with Crippen molar-refractivity contribution in [3.8, 4) is 0 Å². The van der Waals surface area contributed by atoms with Crippen molar-refractivity contribution in [3.63, 3.8) is 0 Å². The third kappa shape index (κ3) is 54.1. The summed E-state index contributed by atoms with van der Waals surface area (Å²) in [5.74, 6) is -1.09. The highest BCUT2D eigenvalue weighted by Gasteiger charge is 2.19. The molecule has 0 aromatic rings. The van der Waals surface area contributed by atoms with Gasteiger partial charge in [0.2, 0.25) is 0 Å². The van der Waals surface area contributed by atoms with Gasteiger partial charge < -0.3 is 14.2 Å². The summed E-state index contributed by atoms with van der Waals surface area (Å²) in [6.07, 6.45) is 79.8. The highest BCUT2D eigenvalue weighted by Crippen LogP contribution is 2.11. The zero-order valence-corrected chi connectivity index (χ0v) is 44.0. The molecule has 0 spiro atoms. The third-order valence-electron chi connectivity index (χ3n) is 10.8. The number of unbranched alkanes of at least 4 members (excludes halogenated alkanes) is 12. The molecule has 0 aliphatic carbocycles. The van der Waals surface area contributed by atoms with E-state index in [0.717, 1.165) is 103 Å². The SMILES string of the molecule is CC/C=C\C/C=C\C/C=C\C/C=C\CCCCCCC(=O)O[C@H](COC(=O)CC/C=C\C/C=C\C/C=C\C/C=C\C/C=C\CCCCC)COC(=O)CCCC/C=C\C/C=C\C/C=C\CCCCC. The van der Waals surface area contributed by atoms with Crippen LogP contribution in [0.15, 0.2) is 146 Å². The van der Waals surface area contributed by atoms with Gasteiger partial charge in [0.25, 0.3) is 0 Å². The molecule has 0 aromatic carbocycles. The first-order chi connectivity index (χ1) is 34.0. The van der Waals surface area contributed by atoms with E-state index in [0.29, 0.717) is 19.3 Å². The highest BCUT2D eigenvalue weighted by molar-refractivity contribution is 5.71. The van der Waals surface area contributed by atoms with Crippen LogP contribution in [0.3, 0.4) is 0 Å². The molecular formula is C63H98O6. The van der Waals surface area contributed by atoms with Crippen LogP contribution < -0.4 is 0 Å². The number of carbonyl (C=O) groups excluding carboxylic acids is 3. The third-order valence-corrected chi connectivity index (χ3v) is 10.8. The lowest BCUT2D eigenvalue weighted by Crippen LogP contribution is -2.30. The van der Waals surface area contributed by atoms with Gasteiger partial charge in [-0.1, -0.05) is 205 Å². The van der Waals surface area contributed by atoms with Crippen molar-refractivity contribution >= 4 is 17.9 Å². The maximum atomic E-state index is 12.8. The first-order valence-electron chi connectivity index (χ1n) is 27.3. The molecule has 386 valence electrons. The van der Waals surface area contributed by atoms with Gasteiger partial charge >= 0.3 is 17.9 Å². The molecular weight excluding hydrogens is 853 g/mol. The Morgan fingerprint density at radius 3 is 0.986 bits per heavy atom. The van der Waals surface area contributed by atoms with E-state index in [4.69, 9.17) is 14.2 Å². The second-order valence-corrected chi connectivity index (χ2v) is 17.4. The van der Waals surface area contributed by atoms with Crippen LogP contribution in [0, 0.1) is 0 Å². The summed E-state index contributed by atoms with van der Waals surface area (Å²) in [6, 6.07) is 0. The Labute approximate surface area is 423 Å². The Morgan fingerprint density at radius 2 is 0.594 bits per heavy atom. The summed E-state index contributed by atoms with van der Waals surface area (Å²) in [6.45, 7) is 6.33. The van der Waals surface area contributed by atoms with Crippen molar-refractivity contribution in [3.05, 3.63) is 146 Å². The molecule has 0 radical (unpaired) electrons. The fraction of sp³-hybridized carbons (Fsp3) is 0.571. The Bertz CT molecular complexity index is 1560. The van der Waals surface area contributed by atoms with E-state index in [1.54, 1.807) is 0 Å². The average Bonchev–Trinajstić information content (AvgIpc) is 3.35. The highest BCUT2D eigenvalue weighted by atomic mass is 16.6.